The first-order valence-corrected chi connectivity index (χ1v) is 7.01. The first kappa shape index (κ1) is 11.0. The molecule has 1 heteroatoms. The summed E-state index contributed by atoms with van der Waals surface area (Å²) in [5.74, 6) is 1.71. The number of aliphatic imine (C=N–C) groups is 1. The van der Waals surface area contributed by atoms with E-state index in [2.05, 4.69) is 31.2 Å². The molecule has 1 heterocycles. The van der Waals surface area contributed by atoms with Gasteiger partial charge in [0.1, 0.15) is 0 Å². The van der Waals surface area contributed by atoms with E-state index in [1.807, 2.05) is 0 Å². The van der Waals surface area contributed by atoms with Gasteiger partial charge >= 0.3 is 0 Å². The zero-order chi connectivity index (χ0) is 11.7. The van der Waals surface area contributed by atoms with Crippen LogP contribution >= 0.6 is 0 Å². The second kappa shape index (κ2) is 4.64. The van der Waals surface area contributed by atoms with E-state index in [1.165, 1.54) is 48.9 Å². The fourth-order valence-electron chi connectivity index (χ4n) is 3.36. The van der Waals surface area contributed by atoms with E-state index in [9.17, 15) is 0 Å². The van der Waals surface area contributed by atoms with Crippen LogP contribution in [0.4, 0.5) is 0 Å². The maximum Gasteiger partial charge on any atom is 0.0649 e. The molecule has 0 saturated heterocycles. The summed E-state index contributed by atoms with van der Waals surface area (Å²) in [5.41, 5.74) is 4.28. The van der Waals surface area contributed by atoms with E-state index in [0.717, 1.165) is 18.4 Å². The first-order valence-electron chi connectivity index (χ1n) is 7.01. The Morgan fingerprint density at radius 3 is 2.65 bits per heavy atom. The molecule has 1 fully saturated rings. The zero-order valence-corrected chi connectivity index (χ0v) is 10.7. The van der Waals surface area contributed by atoms with Crippen LogP contribution < -0.4 is 0 Å². The van der Waals surface area contributed by atoms with Crippen LogP contribution in [0, 0.1) is 11.8 Å². The topological polar surface area (TPSA) is 12.4 Å². The molecule has 0 atom stereocenters. The average Bonchev–Trinajstić information content (AvgIpc) is 2.83. The molecule has 1 aliphatic heterocycles. The van der Waals surface area contributed by atoms with Crippen molar-refractivity contribution in [1.29, 1.82) is 0 Å². The van der Waals surface area contributed by atoms with E-state index in [-0.39, 0.29) is 0 Å². The quantitative estimate of drug-likeness (QED) is 0.718. The Bertz CT molecular complexity index is 425. The summed E-state index contributed by atoms with van der Waals surface area (Å²) in [7, 11) is 0. The molecule has 0 radical (unpaired) electrons. The Labute approximate surface area is 104 Å². The highest BCUT2D eigenvalue weighted by molar-refractivity contribution is 6.05. The number of hydrogen-bond donors (Lipinski definition) is 0. The number of nitrogens with zero attached hydrogens (tertiary/aromatic N) is 1. The van der Waals surface area contributed by atoms with Crippen molar-refractivity contribution in [3.05, 3.63) is 35.4 Å². The predicted molar refractivity (Wildman–Crippen MR) is 72.4 cm³/mol. The molecule has 0 unspecified atom stereocenters. The summed E-state index contributed by atoms with van der Waals surface area (Å²) in [4.78, 5) is 4.79. The van der Waals surface area contributed by atoms with E-state index in [0.29, 0.717) is 0 Å². The van der Waals surface area contributed by atoms with E-state index < -0.39 is 0 Å². The third-order valence-corrected chi connectivity index (χ3v) is 4.52. The van der Waals surface area contributed by atoms with Gasteiger partial charge in [0.15, 0.2) is 0 Å². The lowest BCUT2D eigenvalue weighted by Crippen LogP contribution is -2.21. The standard InChI is InChI=1S/C16H21N/c1-2-12-7-9-13(10-8-12)16-15-6-4-3-5-14(15)11-17-16/h3-6,12-13H,2,7-11H2,1H3. The molecular weight excluding hydrogens is 206 g/mol. The lowest BCUT2D eigenvalue weighted by atomic mass is 9.77. The van der Waals surface area contributed by atoms with Gasteiger partial charge in [-0.2, -0.15) is 0 Å². The second-order valence-electron chi connectivity index (χ2n) is 5.48. The molecule has 1 nitrogen and oxygen atoms in total. The third kappa shape index (κ3) is 2.03. The van der Waals surface area contributed by atoms with Gasteiger partial charge in [-0.05, 0) is 37.2 Å². The van der Waals surface area contributed by atoms with Crippen LogP contribution in [0.5, 0.6) is 0 Å². The normalized spacial score (nSPS) is 27.7. The molecule has 1 aromatic carbocycles. The van der Waals surface area contributed by atoms with Crippen molar-refractivity contribution in [2.24, 2.45) is 16.8 Å². The second-order valence-corrected chi connectivity index (χ2v) is 5.48. The largest absolute Gasteiger partial charge is 0.284 e. The molecule has 0 spiro atoms. The Hall–Kier alpha value is -1.11. The fraction of sp³-hybridized carbons (Fsp3) is 0.562. The van der Waals surface area contributed by atoms with Crippen molar-refractivity contribution in [2.75, 3.05) is 0 Å². The zero-order valence-electron chi connectivity index (χ0n) is 10.7. The van der Waals surface area contributed by atoms with Crippen LogP contribution in [0.1, 0.15) is 50.2 Å². The van der Waals surface area contributed by atoms with Crippen molar-refractivity contribution >= 4 is 5.71 Å². The van der Waals surface area contributed by atoms with E-state index >= 15 is 0 Å². The molecule has 2 aliphatic rings. The highest BCUT2D eigenvalue weighted by Crippen LogP contribution is 2.35. The lowest BCUT2D eigenvalue weighted by molar-refractivity contribution is 0.315. The maximum atomic E-state index is 4.79. The van der Waals surface area contributed by atoms with Crippen LogP contribution in [-0.2, 0) is 6.54 Å². The first-order chi connectivity index (χ1) is 8.38. The van der Waals surface area contributed by atoms with Crippen LogP contribution in [0.25, 0.3) is 0 Å². The van der Waals surface area contributed by atoms with Gasteiger partial charge in [0.2, 0.25) is 0 Å². The molecular formula is C16H21N. The SMILES string of the molecule is CCC1CCC(C2=NCc3ccccc32)CC1. The number of benzene rings is 1. The molecule has 1 saturated carbocycles. The minimum atomic E-state index is 0.737. The van der Waals surface area contributed by atoms with Crippen molar-refractivity contribution in [1.82, 2.24) is 0 Å². The summed E-state index contributed by atoms with van der Waals surface area (Å²) >= 11 is 0. The van der Waals surface area contributed by atoms with Crippen LogP contribution in [0.2, 0.25) is 0 Å². The summed E-state index contributed by atoms with van der Waals surface area (Å²) in [6.07, 6.45) is 6.87. The predicted octanol–water partition coefficient (Wildman–Crippen LogP) is 4.21. The van der Waals surface area contributed by atoms with Crippen molar-refractivity contribution < 1.29 is 0 Å². The molecule has 0 amide bonds. The third-order valence-electron chi connectivity index (χ3n) is 4.52. The van der Waals surface area contributed by atoms with Gasteiger partial charge in [-0.25, -0.2) is 0 Å². The summed E-state index contributed by atoms with van der Waals surface area (Å²) in [5, 5.41) is 0. The van der Waals surface area contributed by atoms with E-state index in [1.54, 1.807) is 0 Å². The molecule has 0 N–H and O–H groups in total. The van der Waals surface area contributed by atoms with Gasteiger partial charge in [0, 0.05) is 17.2 Å². The Balaban J connectivity index is 1.75. The van der Waals surface area contributed by atoms with Crippen LogP contribution in [0.15, 0.2) is 29.3 Å². The average molecular weight is 227 g/mol. The highest BCUT2D eigenvalue weighted by atomic mass is 14.8. The molecule has 3 rings (SSSR count). The van der Waals surface area contributed by atoms with Gasteiger partial charge in [0.05, 0.1) is 6.54 Å². The van der Waals surface area contributed by atoms with Crippen LogP contribution in [0.3, 0.4) is 0 Å². The number of hydrogen-bond acceptors (Lipinski definition) is 1. The molecule has 1 aliphatic carbocycles. The molecule has 0 bridgehead atoms. The smallest absolute Gasteiger partial charge is 0.0649 e. The minimum Gasteiger partial charge on any atom is -0.284 e. The molecule has 0 aromatic heterocycles. The Kier molecular flexibility index (Phi) is 3.00. The summed E-state index contributed by atoms with van der Waals surface area (Å²) in [6, 6.07) is 8.76. The van der Waals surface area contributed by atoms with Gasteiger partial charge in [-0.1, -0.05) is 37.6 Å². The number of fused-ring (bicyclic) bond motifs is 1. The maximum absolute atomic E-state index is 4.79. The number of rotatable bonds is 2. The van der Waals surface area contributed by atoms with Gasteiger partial charge in [-0.3, -0.25) is 4.99 Å². The van der Waals surface area contributed by atoms with Gasteiger partial charge in [0.25, 0.3) is 0 Å². The summed E-state index contributed by atoms with van der Waals surface area (Å²) < 4.78 is 0. The van der Waals surface area contributed by atoms with Crippen molar-refractivity contribution in [2.45, 2.75) is 45.6 Å². The van der Waals surface area contributed by atoms with Crippen molar-refractivity contribution in [3.8, 4) is 0 Å². The monoisotopic (exact) mass is 227 g/mol. The summed E-state index contributed by atoms with van der Waals surface area (Å²) in [6.45, 7) is 3.24. The van der Waals surface area contributed by atoms with Crippen molar-refractivity contribution in [3.63, 3.8) is 0 Å². The van der Waals surface area contributed by atoms with E-state index in [4.69, 9.17) is 4.99 Å². The van der Waals surface area contributed by atoms with Gasteiger partial charge in [-0.15, -0.1) is 0 Å². The highest BCUT2D eigenvalue weighted by Gasteiger charge is 2.27. The van der Waals surface area contributed by atoms with Gasteiger partial charge < -0.3 is 0 Å². The minimum absolute atomic E-state index is 0.737. The Morgan fingerprint density at radius 2 is 1.88 bits per heavy atom. The molecule has 90 valence electrons. The fourth-order valence-corrected chi connectivity index (χ4v) is 3.36. The Morgan fingerprint density at radius 1 is 1.12 bits per heavy atom. The molecule has 17 heavy (non-hydrogen) atoms. The molecule has 1 aromatic rings. The van der Waals surface area contributed by atoms with Crippen LogP contribution in [-0.4, -0.2) is 5.71 Å². The lowest BCUT2D eigenvalue weighted by Gasteiger charge is -2.28.